The molecule has 0 atom stereocenters. The summed E-state index contributed by atoms with van der Waals surface area (Å²) in [5.41, 5.74) is -0.452. The second-order valence-corrected chi connectivity index (χ2v) is 8.07. The van der Waals surface area contributed by atoms with Crippen LogP contribution in [0.15, 0.2) is 18.2 Å². The first-order valence-electron chi connectivity index (χ1n) is 10.2. The van der Waals surface area contributed by atoms with Crippen LogP contribution >= 0.6 is 11.3 Å². The standard InChI is InChI=1S/C21H29F3N2O2S/c1-2-3-4-5-6-7-8-9-14-28-18-11-10-16(15-17(18)21(22,23)24)20-26-25-19(29-20)12-13-27/h10-11,15,27H,2-9,12-14H2,1H3. The van der Waals surface area contributed by atoms with E-state index in [1.54, 1.807) is 6.07 Å². The lowest BCUT2D eigenvalue weighted by molar-refractivity contribution is -0.138. The lowest BCUT2D eigenvalue weighted by Gasteiger charge is -2.15. The van der Waals surface area contributed by atoms with Crippen LogP contribution in [0.25, 0.3) is 10.6 Å². The number of aromatic nitrogens is 2. The van der Waals surface area contributed by atoms with E-state index in [4.69, 9.17) is 9.84 Å². The van der Waals surface area contributed by atoms with Gasteiger partial charge in [0.15, 0.2) is 0 Å². The number of aliphatic hydroxyl groups excluding tert-OH is 1. The normalized spacial score (nSPS) is 11.8. The van der Waals surface area contributed by atoms with Crippen molar-refractivity contribution in [3.8, 4) is 16.3 Å². The van der Waals surface area contributed by atoms with Crippen LogP contribution < -0.4 is 4.74 Å². The molecule has 1 N–H and O–H groups in total. The fourth-order valence-electron chi connectivity index (χ4n) is 3.00. The van der Waals surface area contributed by atoms with Gasteiger partial charge in [-0.05, 0) is 24.6 Å². The zero-order valence-corrected chi connectivity index (χ0v) is 17.6. The van der Waals surface area contributed by atoms with Gasteiger partial charge >= 0.3 is 6.18 Å². The predicted molar refractivity (Wildman–Crippen MR) is 109 cm³/mol. The van der Waals surface area contributed by atoms with Gasteiger partial charge in [0.25, 0.3) is 0 Å². The third-order valence-corrected chi connectivity index (χ3v) is 5.61. The average molecular weight is 431 g/mol. The number of hydrogen-bond donors (Lipinski definition) is 1. The van der Waals surface area contributed by atoms with Gasteiger partial charge in [0.1, 0.15) is 15.8 Å². The Balaban J connectivity index is 1.92. The minimum Gasteiger partial charge on any atom is -0.493 e. The Labute approximate surface area is 174 Å². The summed E-state index contributed by atoms with van der Waals surface area (Å²) in [6.45, 7) is 2.38. The van der Waals surface area contributed by atoms with Crippen molar-refractivity contribution in [2.45, 2.75) is 70.9 Å². The molecule has 0 spiro atoms. The topological polar surface area (TPSA) is 55.2 Å². The van der Waals surface area contributed by atoms with Crippen molar-refractivity contribution >= 4 is 11.3 Å². The molecular formula is C21H29F3N2O2S. The van der Waals surface area contributed by atoms with Gasteiger partial charge in [-0.25, -0.2) is 0 Å². The Bertz CT molecular complexity index is 735. The molecule has 0 saturated carbocycles. The van der Waals surface area contributed by atoms with E-state index < -0.39 is 11.7 Å². The molecule has 8 heteroatoms. The molecule has 0 radical (unpaired) electrons. The number of unbranched alkanes of at least 4 members (excludes halogenated alkanes) is 7. The third-order valence-electron chi connectivity index (χ3n) is 4.58. The zero-order chi connectivity index (χ0) is 21.1. The number of ether oxygens (including phenoxy) is 1. The van der Waals surface area contributed by atoms with Gasteiger partial charge in [-0.2, -0.15) is 13.2 Å². The van der Waals surface area contributed by atoms with Crippen LogP contribution in [0.5, 0.6) is 5.75 Å². The molecule has 2 rings (SSSR count). The van der Waals surface area contributed by atoms with E-state index in [0.717, 1.165) is 25.3 Å². The van der Waals surface area contributed by atoms with Crippen LogP contribution in [0.3, 0.4) is 0 Å². The summed E-state index contributed by atoms with van der Waals surface area (Å²) in [6, 6.07) is 3.99. The monoisotopic (exact) mass is 430 g/mol. The van der Waals surface area contributed by atoms with Gasteiger partial charge in [-0.3, -0.25) is 0 Å². The summed E-state index contributed by atoms with van der Waals surface area (Å²) >= 11 is 1.18. The van der Waals surface area contributed by atoms with Crippen molar-refractivity contribution in [1.82, 2.24) is 10.2 Å². The maximum atomic E-state index is 13.5. The van der Waals surface area contributed by atoms with Crippen LogP contribution in [0.4, 0.5) is 13.2 Å². The lowest BCUT2D eigenvalue weighted by atomic mass is 10.1. The molecule has 0 saturated heterocycles. The second kappa shape index (κ2) is 12.1. The Morgan fingerprint density at radius 3 is 2.34 bits per heavy atom. The minimum absolute atomic E-state index is 0.0754. The molecule has 2 aromatic rings. The summed E-state index contributed by atoms with van der Waals surface area (Å²) in [5, 5.41) is 17.8. The summed E-state index contributed by atoms with van der Waals surface area (Å²) in [4.78, 5) is 0. The summed E-state index contributed by atoms with van der Waals surface area (Å²) in [7, 11) is 0. The Hall–Kier alpha value is -1.67. The molecule has 0 unspecified atom stereocenters. The fraction of sp³-hybridized carbons (Fsp3) is 0.619. The Morgan fingerprint density at radius 1 is 1.00 bits per heavy atom. The van der Waals surface area contributed by atoms with Crippen molar-refractivity contribution < 1.29 is 23.0 Å². The quantitative estimate of drug-likeness (QED) is 0.380. The van der Waals surface area contributed by atoms with Crippen molar-refractivity contribution in [2.75, 3.05) is 13.2 Å². The molecule has 0 fully saturated rings. The number of rotatable bonds is 13. The van der Waals surface area contributed by atoms with Gasteiger partial charge in [0.2, 0.25) is 0 Å². The number of nitrogens with zero attached hydrogens (tertiary/aromatic N) is 2. The molecule has 162 valence electrons. The summed E-state index contributed by atoms with van der Waals surface area (Å²) in [6.07, 6.45) is 4.75. The van der Waals surface area contributed by atoms with E-state index in [-0.39, 0.29) is 19.0 Å². The second-order valence-electron chi connectivity index (χ2n) is 7.01. The molecule has 1 heterocycles. The van der Waals surface area contributed by atoms with Crippen molar-refractivity contribution in [3.05, 3.63) is 28.8 Å². The van der Waals surface area contributed by atoms with Gasteiger partial charge < -0.3 is 9.84 Å². The number of hydrogen-bond acceptors (Lipinski definition) is 5. The van der Waals surface area contributed by atoms with Crippen molar-refractivity contribution in [3.63, 3.8) is 0 Å². The number of halogens is 3. The van der Waals surface area contributed by atoms with Crippen LogP contribution in [0, 0.1) is 0 Å². The highest BCUT2D eigenvalue weighted by Gasteiger charge is 2.35. The highest BCUT2D eigenvalue weighted by atomic mass is 32.1. The average Bonchev–Trinajstić information content (AvgIpc) is 3.15. The van der Waals surface area contributed by atoms with Crippen molar-refractivity contribution in [2.24, 2.45) is 0 Å². The van der Waals surface area contributed by atoms with E-state index in [1.807, 2.05) is 0 Å². The van der Waals surface area contributed by atoms with Gasteiger partial charge in [0, 0.05) is 18.6 Å². The van der Waals surface area contributed by atoms with E-state index in [1.165, 1.54) is 49.5 Å². The van der Waals surface area contributed by atoms with Crippen LogP contribution in [0.2, 0.25) is 0 Å². The summed E-state index contributed by atoms with van der Waals surface area (Å²) < 4.78 is 46.0. The first-order valence-corrected chi connectivity index (χ1v) is 11.0. The highest BCUT2D eigenvalue weighted by Crippen LogP contribution is 2.39. The van der Waals surface area contributed by atoms with E-state index in [0.29, 0.717) is 22.0 Å². The minimum atomic E-state index is -4.51. The molecule has 1 aromatic carbocycles. The lowest BCUT2D eigenvalue weighted by Crippen LogP contribution is -2.09. The first-order chi connectivity index (χ1) is 14.0. The van der Waals surface area contributed by atoms with Gasteiger partial charge in [-0.1, -0.05) is 63.2 Å². The largest absolute Gasteiger partial charge is 0.493 e. The van der Waals surface area contributed by atoms with E-state index in [2.05, 4.69) is 17.1 Å². The first kappa shape index (κ1) is 23.6. The molecular weight excluding hydrogens is 401 g/mol. The molecule has 0 aliphatic carbocycles. The van der Waals surface area contributed by atoms with E-state index >= 15 is 0 Å². The zero-order valence-electron chi connectivity index (χ0n) is 16.8. The van der Waals surface area contributed by atoms with Gasteiger partial charge in [-0.15, -0.1) is 10.2 Å². The SMILES string of the molecule is CCCCCCCCCCOc1ccc(-c2nnc(CCO)s2)cc1C(F)(F)F. The Kier molecular flexibility index (Phi) is 9.87. The van der Waals surface area contributed by atoms with Crippen LogP contribution in [-0.2, 0) is 12.6 Å². The predicted octanol–water partition coefficient (Wildman–Crippen LogP) is 6.28. The summed E-state index contributed by atoms with van der Waals surface area (Å²) in [5.74, 6) is -0.149. The molecule has 29 heavy (non-hydrogen) atoms. The van der Waals surface area contributed by atoms with Crippen LogP contribution in [-0.4, -0.2) is 28.5 Å². The smallest absolute Gasteiger partial charge is 0.419 e. The highest BCUT2D eigenvalue weighted by molar-refractivity contribution is 7.14. The van der Waals surface area contributed by atoms with Crippen LogP contribution in [0.1, 0.15) is 68.9 Å². The fourth-order valence-corrected chi connectivity index (χ4v) is 3.82. The molecule has 0 aliphatic rings. The molecule has 0 amide bonds. The molecule has 1 aromatic heterocycles. The Morgan fingerprint density at radius 2 is 1.69 bits per heavy atom. The van der Waals surface area contributed by atoms with Gasteiger partial charge in [0.05, 0.1) is 12.2 Å². The van der Waals surface area contributed by atoms with E-state index in [9.17, 15) is 13.2 Å². The maximum absolute atomic E-state index is 13.5. The van der Waals surface area contributed by atoms with Crippen molar-refractivity contribution in [1.29, 1.82) is 0 Å². The number of benzene rings is 1. The maximum Gasteiger partial charge on any atom is 0.419 e. The number of alkyl halides is 3. The molecule has 4 nitrogen and oxygen atoms in total. The molecule has 0 aliphatic heterocycles. The third kappa shape index (κ3) is 7.93. The number of aliphatic hydroxyl groups is 1. The molecule has 0 bridgehead atoms.